The van der Waals surface area contributed by atoms with E-state index in [-0.39, 0.29) is 12.5 Å². The van der Waals surface area contributed by atoms with E-state index in [1.165, 1.54) is 0 Å². The van der Waals surface area contributed by atoms with Gasteiger partial charge in [-0.2, -0.15) is 13.2 Å². The minimum absolute atomic E-state index is 0.0151. The minimum atomic E-state index is -4.88. The maximum Gasteiger partial charge on any atom is 0.471 e. The fraction of sp³-hybridized carbons (Fsp3) is 0.632. The smallest absolute Gasteiger partial charge is 0.471 e. The van der Waals surface area contributed by atoms with Crippen LogP contribution in [0.25, 0.3) is 0 Å². The Labute approximate surface area is 150 Å². The summed E-state index contributed by atoms with van der Waals surface area (Å²) in [6, 6.07) is 5.72. The molecule has 1 aromatic rings. The first-order valence-electron chi connectivity index (χ1n) is 8.98. The molecule has 3 atom stereocenters. The second kappa shape index (κ2) is 7.10. The zero-order valence-electron chi connectivity index (χ0n) is 14.7. The molecular weight excluding hydrogens is 347 g/mol. The van der Waals surface area contributed by atoms with Crippen LogP contribution in [0.3, 0.4) is 0 Å². The molecule has 0 aliphatic heterocycles. The molecule has 3 rings (SSSR count). The molecule has 0 radical (unpaired) electrons. The number of ether oxygens (including phenoxy) is 1. The second-order valence-corrected chi connectivity index (χ2v) is 7.31. The van der Waals surface area contributed by atoms with Crippen molar-refractivity contribution in [3.8, 4) is 5.75 Å². The first-order chi connectivity index (χ1) is 12.3. The highest BCUT2D eigenvalue weighted by Crippen LogP contribution is 2.52. The lowest BCUT2D eigenvalue weighted by Gasteiger charge is -2.51. The van der Waals surface area contributed by atoms with Crippen molar-refractivity contribution in [1.82, 2.24) is 5.32 Å². The molecule has 1 saturated carbocycles. The number of carbonyl (C=O) groups excluding carboxylic acids is 1. The van der Waals surface area contributed by atoms with Gasteiger partial charge >= 0.3 is 12.1 Å². The van der Waals surface area contributed by atoms with Gasteiger partial charge in [0.15, 0.2) is 0 Å². The molecular formula is C19H24F3NO3. The predicted molar refractivity (Wildman–Crippen MR) is 90.0 cm³/mol. The van der Waals surface area contributed by atoms with Crippen LogP contribution in [0.5, 0.6) is 5.75 Å². The minimum Gasteiger partial charge on any atom is -0.497 e. The van der Waals surface area contributed by atoms with Crippen molar-refractivity contribution in [2.24, 2.45) is 5.92 Å². The molecule has 2 N–H and O–H groups in total. The van der Waals surface area contributed by atoms with E-state index in [9.17, 15) is 23.1 Å². The quantitative estimate of drug-likeness (QED) is 0.855. The molecule has 1 fully saturated rings. The van der Waals surface area contributed by atoms with Crippen molar-refractivity contribution in [3.63, 3.8) is 0 Å². The Morgan fingerprint density at radius 1 is 1.38 bits per heavy atom. The van der Waals surface area contributed by atoms with Gasteiger partial charge in [-0.15, -0.1) is 0 Å². The van der Waals surface area contributed by atoms with Crippen LogP contribution in [-0.4, -0.2) is 36.9 Å². The van der Waals surface area contributed by atoms with Gasteiger partial charge in [0.25, 0.3) is 0 Å². The molecule has 0 aromatic heterocycles. The molecule has 7 heteroatoms. The summed E-state index contributed by atoms with van der Waals surface area (Å²) in [4.78, 5) is 11.2. The Morgan fingerprint density at radius 3 is 2.85 bits per heavy atom. The number of aliphatic hydroxyl groups excluding tert-OH is 1. The van der Waals surface area contributed by atoms with Crippen LogP contribution in [0, 0.1) is 5.92 Å². The Balaban J connectivity index is 1.91. The number of methoxy groups -OCH3 is 1. The van der Waals surface area contributed by atoms with E-state index < -0.39 is 23.6 Å². The van der Waals surface area contributed by atoms with E-state index in [0.29, 0.717) is 18.6 Å². The summed E-state index contributed by atoms with van der Waals surface area (Å²) in [6.45, 7) is -0.0712. The molecule has 1 amide bonds. The lowest BCUT2D eigenvalue weighted by molar-refractivity contribution is -0.173. The van der Waals surface area contributed by atoms with Crippen molar-refractivity contribution in [1.29, 1.82) is 0 Å². The van der Waals surface area contributed by atoms with Crippen LogP contribution in [0.15, 0.2) is 18.2 Å². The maximum atomic E-state index is 12.5. The maximum absolute atomic E-state index is 12.5. The predicted octanol–water partition coefficient (Wildman–Crippen LogP) is 3.11. The summed E-state index contributed by atoms with van der Waals surface area (Å²) in [5.41, 5.74) is 1.63. The number of benzene rings is 1. The molecule has 3 unspecified atom stereocenters. The number of halogens is 3. The average molecular weight is 371 g/mol. The van der Waals surface area contributed by atoms with Gasteiger partial charge in [-0.1, -0.05) is 18.9 Å². The van der Waals surface area contributed by atoms with Gasteiger partial charge in [0.05, 0.1) is 13.2 Å². The Hall–Kier alpha value is -1.76. The van der Waals surface area contributed by atoms with Gasteiger partial charge in [-0.3, -0.25) is 4.79 Å². The van der Waals surface area contributed by atoms with E-state index in [2.05, 4.69) is 0 Å². The molecule has 144 valence electrons. The summed E-state index contributed by atoms with van der Waals surface area (Å²) >= 11 is 0. The summed E-state index contributed by atoms with van der Waals surface area (Å²) < 4.78 is 42.8. The number of carbonyl (C=O) groups is 1. The van der Waals surface area contributed by atoms with Gasteiger partial charge in [-0.05, 0) is 54.9 Å². The summed E-state index contributed by atoms with van der Waals surface area (Å²) in [7, 11) is 1.58. The topological polar surface area (TPSA) is 58.6 Å². The van der Waals surface area contributed by atoms with E-state index >= 15 is 0 Å². The number of nitrogens with one attached hydrogen (secondary N) is 1. The third-order valence-corrected chi connectivity index (χ3v) is 5.96. The number of alkyl halides is 3. The second-order valence-electron chi connectivity index (χ2n) is 7.31. The van der Waals surface area contributed by atoms with E-state index in [1.807, 2.05) is 23.5 Å². The van der Waals surface area contributed by atoms with E-state index in [0.717, 1.165) is 36.8 Å². The highest BCUT2D eigenvalue weighted by atomic mass is 19.4. The highest BCUT2D eigenvalue weighted by molar-refractivity contribution is 5.81. The molecule has 2 aliphatic carbocycles. The van der Waals surface area contributed by atoms with Crippen molar-refractivity contribution in [3.05, 3.63) is 29.3 Å². The monoisotopic (exact) mass is 371 g/mol. The molecule has 0 bridgehead atoms. The number of rotatable bonds is 4. The zero-order valence-corrected chi connectivity index (χ0v) is 14.7. The van der Waals surface area contributed by atoms with Gasteiger partial charge in [-0.25, -0.2) is 0 Å². The number of hydrogen-bond donors (Lipinski definition) is 2. The molecule has 2 aliphatic rings. The van der Waals surface area contributed by atoms with Crippen molar-refractivity contribution >= 4 is 5.91 Å². The van der Waals surface area contributed by atoms with Crippen LogP contribution < -0.4 is 10.1 Å². The van der Waals surface area contributed by atoms with Gasteiger partial charge in [0.2, 0.25) is 0 Å². The van der Waals surface area contributed by atoms with Gasteiger partial charge < -0.3 is 15.2 Å². The summed E-state index contributed by atoms with van der Waals surface area (Å²) in [5.74, 6) is -1.23. The highest BCUT2D eigenvalue weighted by Gasteiger charge is 2.49. The first-order valence-corrected chi connectivity index (χ1v) is 8.98. The van der Waals surface area contributed by atoms with E-state index in [1.54, 1.807) is 7.11 Å². The van der Waals surface area contributed by atoms with Crippen LogP contribution in [-0.2, 0) is 16.6 Å². The normalized spacial score (nSPS) is 28.0. The van der Waals surface area contributed by atoms with Crippen LogP contribution in [0.4, 0.5) is 13.2 Å². The molecule has 1 aromatic carbocycles. The summed E-state index contributed by atoms with van der Waals surface area (Å²) in [5, 5.41) is 12.7. The van der Waals surface area contributed by atoms with Crippen molar-refractivity contribution in [2.75, 3.05) is 13.7 Å². The molecule has 0 heterocycles. The third kappa shape index (κ3) is 3.41. The van der Waals surface area contributed by atoms with Gasteiger partial charge in [0.1, 0.15) is 5.75 Å². The van der Waals surface area contributed by atoms with E-state index in [4.69, 9.17) is 4.74 Å². The number of hydrogen-bond acceptors (Lipinski definition) is 3. The van der Waals surface area contributed by atoms with Crippen LogP contribution in [0.2, 0.25) is 0 Å². The lowest BCUT2D eigenvalue weighted by Crippen LogP contribution is -2.51. The van der Waals surface area contributed by atoms with Crippen LogP contribution >= 0.6 is 0 Å². The van der Waals surface area contributed by atoms with Crippen molar-refractivity contribution in [2.45, 2.75) is 56.2 Å². The Bertz CT molecular complexity index is 676. The number of amides is 1. The largest absolute Gasteiger partial charge is 0.497 e. The standard InChI is InChI=1S/C19H24F3NO3/c1-26-13-6-5-12-10-16(24)14-4-2-3-7-18(14,15(12)11-13)8-9-23-17(25)19(20,21)22/h5-6,11,14,16,24H,2-4,7-10H2,1H3,(H,23,25). The third-order valence-electron chi connectivity index (χ3n) is 5.96. The average Bonchev–Trinajstić information content (AvgIpc) is 2.61. The first kappa shape index (κ1) is 19.0. The summed E-state index contributed by atoms with van der Waals surface area (Å²) in [6.07, 6.45) is -0.907. The Morgan fingerprint density at radius 2 is 2.15 bits per heavy atom. The molecule has 26 heavy (non-hydrogen) atoms. The molecule has 0 saturated heterocycles. The van der Waals surface area contributed by atoms with Crippen LogP contribution in [0.1, 0.15) is 43.2 Å². The molecule has 0 spiro atoms. The zero-order chi connectivity index (χ0) is 18.9. The lowest BCUT2D eigenvalue weighted by atomic mass is 9.55. The fourth-order valence-electron chi connectivity index (χ4n) is 4.80. The van der Waals surface area contributed by atoms with Gasteiger partial charge in [0, 0.05) is 12.0 Å². The Kier molecular flexibility index (Phi) is 5.19. The SMILES string of the molecule is COc1ccc2c(c1)C1(CCNC(=O)C(F)(F)F)CCCCC1C(O)C2. The fourth-order valence-corrected chi connectivity index (χ4v) is 4.80. The number of fused-ring (bicyclic) bond motifs is 3. The molecule has 4 nitrogen and oxygen atoms in total. The van der Waals surface area contributed by atoms with Crippen molar-refractivity contribution < 1.29 is 27.8 Å². The number of aliphatic hydroxyl groups is 1.